The third-order valence-corrected chi connectivity index (χ3v) is 3.07. The van der Waals surface area contributed by atoms with Gasteiger partial charge in [0.05, 0.1) is 17.1 Å². The van der Waals surface area contributed by atoms with Gasteiger partial charge >= 0.3 is 5.97 Å². The van der Waals surface area contributed by atoms with E-state index in [-0.39, 0.29) is 24.3 Å². The van der Waals surface area contributed by atoms with Crippen LogP contribution >= 0.6 is 0 Å². The molecule has 1 aromatic rings. The minimum absolute atomic E-state index is 0.00288. The summed E-state index contributed by atoms with van der Waals surface area (Å²) in [6, 6.07) is 4.86. The van der Waals surface area contributed by atoms with E-state index in [9.17, 15) is 35.1 Å². The van der Waals surface area contributed by atoms with Gasteiger partial charge in [0, 0.05) is 12.1 Å². The fourth-order valence-corrected chi connectivity index (χ4v) is 1.87. The molecule has 13 heteroatoms. The van der Waals surface area contributed by atoms with Gasteiger partial charge in [0.1, 0.15) is 12.7 Å². The normalized spacial score (nSPS) is 11.2. The Morgan fingerprint density at radius 2 is 1.65 bits per heavy atom. The van der Waals surface area contributed by atoms with Gasteiger partial charge in [-0.3, -0.25) is 10.1 Å². The molecule has 26 heavy (non-hydrogen) atoms. The average Bonchev–Trinajstić information content (AvgIpc) is 2.58. The predicted molar refractivity (Wildman–Crippen MR) is 82.0 cm³/mol. The Hall–Kier alpha value is -3.51. The molecule has 0 spiro atoms. The van der Waals surface area contributed by atoms with Crippen LogP contribution in [0.25, 0.3) is 0 Å². The number of unbranched alkanes of at least 4 members (excludes halogenated alkanes) is 1. The molecule has 1 rings (SSSR count). The first-order chi connectivity index (χ1) is 12.3. The highest BCUT2D eigenvalue weighted by atomic mass is 17.0. The zero-order chi connectivity index (χ0) is 19.5. The Morgan fingerprint density at radius 1 is 1.00 bits per heavy atom. The molecular weight excluding hydrogens is 358 g/mol. The van der Waals surface area contributed by atoms with E-state index >= 15 is 0 Å². The summed E-state index contributed by atoms with van der Waals surface area (Å²) in [5.74, 6) is -0.672. The number of carbonyl (C=O) groups excluding carboxylic acids is 1. The standard InChI is InChI=1S/C13H15N3O10/c17-13(10-4-6-11(7-5-10)14(18)19)24-8-2-1-3-12(26-16(22)23)9-25-15(20)21/h4-7,12H,1-3,8-9H2/t12-/m1/s1. The number of nitrogens with zero attached hydrogens (tertiary/aromatic N) is 3. The van der Waals surface area contributed by atoms with Crippen molar-refractivity contribution in [1.82, 2.24) is 0 Å². The monoisotopic (exact) mass is 373 g/mol. The minimum atomic E-state index is -1.11. The quantitative estimate of drug-likeness (QED) is 0.227. The summed E-state index contributed by atoms with van der Waals surface area (Å²) in [6.45, 7) is -0.590. The first-order valence-corrected chi connectivity index (χ1v) is 7.29. The number of non-ortho nitro benzene ring substituents is 1. The van der Waals surface area contributed by atoms with Crippen molar-refractivity contribution in [2.24, 2.45) is 0 Å². The second-order valence-electron chi connectivity index (χ2n) is 4.91. The highest BCUT2D eigenvalue weighted by Gasteiger charge is 2.16. The summed E-state index contributed by atoms with van der Waals surface area (Å²) in [6.07, 6.45) is -0.369. The van der Waals surface area contributed by atoms with Gasteiger partial charge in [0.25, 0.3) is 15.9 Å². The number of carbonyl (C=O) groups is 1. The van der Waals surface area contributed by atoms with E-state index in [0.29, 0.717) is 12.8 Å². The molecule has 0 aliphatic heterocycles. The molecular formula is C13H15N3O10. The molecule has 0 radical (unpaired) electrons. The molecule has 0 N–H and O–H groups in total. The van der Waals surface area contributed by atoms with E-state index in [1.54, 1.807) is 0 Å². The number of nitro benzene ring substituents is 1. The highest BCUT2D eigenvalue weighted by molar-refractivity contribution is 5.89. The SMILES string of the molecule is O=C(OCCCC[C@H](CO[N+](=O)[O-])O[N+](=O)[O-])c1ccc([N+](=O)[O-])cc1. The molecule has 0 aromatic heterocycles. The third-order valence-electron chi connectivity index (χ3n) is 3.07. The Bertz CT molecular complexity index is 648. The van der Waals surface area contributed by atoms with E-state index in [1.165, 1.54) is 24.3 Å². The Balaban J connectivity index is 2.32. The molecule has 13 nitrogen and oxygen atoms in total. The lowest BCUT2D eigenvalue weighted by Gasteiger charge is -2.13. The summed E-state index contributed by atoms with van der Waals surface area (Å²) in [5.41, 5.74) is -0.0140. The topological polar surface area (TPSA) is 174 Å². The van der Waals surface area contributed by atoms with Gasteiger partial charge in [0.2, 0.25) is 0 Å². The van der Waals surface area contributed by atoms with Gasteiger partial charge in [-0.2, -0.15) is 0 Å². The van der Waals surface area contributed by atoms with E-state index in [1.807, 2.05) is 0 Å². The molecule has 0 amide bonds. The second-order valence-corrected chi connectivity index (χ2v) is 4.91. The Kier molecular flexibility index (Phi) is 8.19. The Labute approximate surface area is 145 Å². The van der Waals surface area contributed by atoms with Crippen molar-refractivity contribution in [3.63, 3.8) is 0 Å². The summed E-state index contributed by atoms with van der Waals surface area (Å²) in [7, 11) is 0. The van der Waals surface area contributed by atoms with Crippen molar-refractivity contribution in [3.05, 3.63) is 60.2 Å². The van der Waals surface area contributed by atoms with E-state index in [0.717, 1.165) is 0 Å². The lowest BCUT2D eigenvalue weighted by atomic mass is 10.1. The number of rotatable bonds is 12. The molecule has 0 aliphatic carbocycles. The van der Waals surface area contributed by atoms with Crippen LogP contribution in [0, 0.1) is 30.3 Å². The number of benzene rings is 1. The summed E-state index contributed by atoms with van der Waals surface area (Å²) >= 11 is 0. The largest absolute Gasteiger partial charge is 0.462 e. The van der Waals surface area contributed by atoms with E-state index < -0.39 is 33.8 Å². The molecule has 0 bridgehead atoms. The highest BCUT2D eigenvalue weighted by Crippen LogP contribution is 2.13. The molecule has 142 valence electrons. The summed E-state index contributed by atoms with van der Waals surface area (Å²) in [4.78, 5) is 50.4. The van der Waals surface area contributed by atoms with Crippen molar-refractivity contribution < 1.29 is 34.3 Å². The second kappa shape index (κ2) is 10.4. The van der Waals surface area contributed by atoms with Crippen LogP contribution in [0.1, 0.15) is 29.6 Å². The minimum Gasteiger partial charge on any atom is -0.462 e. The Morgan fingerprint density at radius 3 is 2.19 bits per heavy atom. The van der Waals surface area contributed by atoms with Crippen molar-refractivity contribution >= 4 is 11.7 Å². The van der Waals surface area contributed by atoms with Crippen molar-refractivity contribution in [2.45, 2.75) is 25.4 Å². The van der Waals surface area contributed by atoms with Crippen molar-refractivity contribution in [2.75, 3.05) is 13.2 Å². The smallest absolute Gasteiger partial charge is 0.338 e. The molecule has 0 unspecified atom stereocenters. The molecule has 0 fully saturated rings. The maximum absolute atomic E-state index is 11.7. The van der Waals surface area contributed by atoms with Gasteiger partial charge in [-0.15, -0.1) is 20.2 Å². The first-order valence-electron chi connectivity index (χ1n) is 7.29. The lowest BCUT2D eigenvalue weighted by molar-refractivity contribution is -0.790. The van der Waals surface area contributed by atoms with E-state index in [4.69, 9.17) is 4.74 Å². The predicted octanol–water partition coefficient (Wildman–Crippen LogP) is 1.71. The first kappa shape index (κ1) is 20.5. The van der Waals surface area contributed by atoms with Crippen LogP contribution in [-0.2, 0) is 14.4 Å². The van der Waals surface area contributed by atoms with Crippen LogP contribution in [0.5, 0.6) is 0 Å². The average molecular weight is 373 g/mol. The maximum Gasteiger partial charge on any atom is 0.338 e. The molecule has 0 saturated carbocycles. The van der Waals surface area contributed by atoms with Crippen molar-refractivity contribution in [1.29, 1.82) is 0 Å². The molecule has 0 heterocycles. The van der Waals surface area contributed by atoms with Crippen LogP contribution in [0.3, 0.4) is 0 Å². The van der Waals surface area contributed by atoms with Crippen LogP contribution in [-0.4, -0.2) is 40.4 Å². The lowest BCUT2D eigenvalue weighted by Crippen LogP contribution is -2.24. The maximum atomic E-state index is 11.7. The number of esters is 1. The summed E-state index contributed by atoms with van der Waals surface area (Å²) in [5, 5.41) is 28.8. The zero-order valence-electron chi connectivity index (χ0n) is 13.3. The van der Waals surface area contributed by atoms with Gasteiger partial charge in [-0.25, -0.2) is 4.79 Å². The fraction of sp³-hybridized carbons (Fsp3) is 0.462. The number of hydrogen-bond acceptors (Lipinski definition) is 10. The number of hydrogen-bond donors (Lipinski definition) is 0. The zero-order valence-corrected chi connectivity index (χ0v) is 13.3. The van der Waals surface area contributed by atoms with Gasteiger partial charge in [-0.05, 0) is 31.4 Å². The van der Waals surface area contributed by atoms with Gasteiger partial charge in [-0.1, -0.05) is 0 Å². The fourth-order valence-electron chi connectivity index (χ4n) is 1.87. The molecule has 1 aromatic carbocycles. The molecule has 1 atom stereocenters. The summed E-state index contributed by atoms with van der Waals surface area (Å²) < 4.78 is 4.97. The van der Waals surface area contributed by atoms with Gasteiger partial charge in [0.15, 0.2) is 0 Å². The van der Waals surface area contributed by atoms with E-state index in [2.05, 4.69) is 9.68 Å². The number of nitro groups is 1. The molecule has 0 aliphatic rings. The van der Waals surface area contributed by atoms with Crippen LogP contribution < -0.4 is 0 Å². The third kappa shape index (κ3) is 7.85. The molecule has 0 saturated heterocycles. The van der Waals surface area contributed by atoms with Crippen LogP contribution in [0.15, 0.2) is 24.3 Å². The van der Waals surface area contributed by atoms with Crippen molar-refractivity contribution in [3.8, 4) is 0 Å². The number of ether oxygens (including phenoxy) is 1. The van der Waals surface area contributed by atoms with Crippen LogP contribution in [0.4, 0.5) is 5.69 Å². The van der Waals surface area contributed by atoms with Crippen LogP contribution in [0.2, 0.25) is 0 Å². The van der Waals surface area contributed by atoms with Gasteiger partial charge < -0.3 is 14.4 Å².